The highest BCUT2D eigenvalue weighted by molar-refractivity contribution is 5.92. The van der Waals surface area contributed by atoms with Crippen molar-refractivity contribution in [3.63, 3.8) is 0 Å². The van der Waals surface area contributed by atoms with Crippen LogP contribution in [0, 0.1) is 0 Å². The van der Waals surface area contributed by atoms with Gasteiger partial charge in [0.15, 0.2) is 0 Å². The predicted molar refractivity (Wildman–Crippen MR) is 72.4 cm³/mol. The van der Waals surface area contributed by atoms with Crippen LogP contribution in [-0.4, -0.2) is 25.1 Å². The van der Waals surface area contributed by atoms with Gasteiger partial charge in [0.25, 0.3) is 0 Å². The minimum absolute atomic E-state index is 0.401. The van der Waals surface area contributed by atoms with Crippen molar-refractivity contribution in [1.82, 2.24) is 5.32 Å². The van der Waals surface area contributed by atoms with Crippen LogP contribution in [0.15, 0.2) is 24.3 Å². The summed E-state index contributed by atoms with van der Waals surface area (Å²) in [5, 5.41) is 3.33. The van der Waals surface area contributed by atoms with Crippen LogP contribution in [0.5, 0.6) is 0 Å². The number of benzene rings is 1. The van der Waals surface area contributed by atoms with Crippen molar-refractivity contribution in [3.8, 4) is 0 Å². The minimum Gasteiger partial charge on any atom is -0.377 e. The van der Waals surface area contributed by atoms with Crippen LogP contribution in [0.25, 0.3) is 0 Å². The molecule has 4 heteroatoms. The molecule has 0 heterocycles. The number of carbonyl (C=O) groups excluding carboxylic acids is 1. The number of hydrogen-bond acceptors (Lipinski definition) is 3. The van der Waals surface area contributed by atoms with E-state index in [1.807, 2.05) is 12.1 Å². The molecule has 0 bridgehead atoms. The van der Waals surface area contributed by atoms with Crippen molar-refractivity contribution >= 4 is 5.91 Å². The van der Waals surface area contributed by atoms with Gasteiger partial charge in [-0.15, -0.1) is 0 Å². The second kappa shape index (κ2) is 7.84. The van der Waals surface area contributed by atoms with Gasteiger partial charge in [-0.1, -0.05) is 26.0 Å². The van der Waals surface area contributed by atoms with Gasteiger partial charge in [-0.2, -0.15) is 0 Å². The molecule has 3 N–H and O–H groups in total. The Morgan fingerprint density at radius 3 is 2.56 bits per heavy atom. The molecular weight excluding hydrogens is 228 g/mol. The Morgan fingerprint density at radius 1 is 1.33 bits per heavy atom. The molecule has 0 saturated carbocycles. The average molecular weight is 250 g/mol. The molecule has 0 saturated heterocycles. The van der Waals surface area contributed by atoms with E-state index in [1.54, 1.807) is 12.1 Å². The van der Waals surface area contributed by atoms with Crippen molar-refractivity contribution in [2.45, 2.75) is 32.9 Å². The second-order valence-electron chi connectivity index (χ2n) is 4.58. The topological polar surface area (TPSA) is 64.3 Å². The minimum atomic E-state index is -0.401. The molecule has 1 rings (SSSR count). The Bertz CT molecular complexity index is 361. The lowest BCUT2D eigenvalue weighted by atomic mass is 10.1. The Balaban J connectivity index is 2.17. The van der Waals surface area contributed by atoms with Crippen LogP contribution in [0.1, 0.15) is 36.2 Å². The van der Waals surface area contributed by atoms with Crippen LogP contribution < -0.4 is 11.1 Å². The summed E-state index contributed by atoms with van der Waals surface area (Å²) in [5.74, 6) is -0.401. The molecule has 0 aromatic heterocycles. The predicted octanol–water partition coefficient (Wildman–Crippen LogP) is 1.69. The summed E-state index contributed by atoms with van der Waals surface area (Å²) >= 11 is 0. The lowest BCUT2D eigenvalue weighted by Crippen LogP contribution is -2.24. The quantitative estimate of drug-likeness (QED) is 0.690. The Labute approximate surface area is 109 Å². The van der Waals surface area contributed by atoms with E-state index in [9.17, 15) is 4.79 Å². The summed E-state index contributed by atoms with van der Waals surface area (Å²) in [5.41, 5.74) is 6.75. The zero-order chi connectivity index (χ0) is 13.4. The van der Waals surface area contributed by atoms with E-state index in [0.717, 1.165) is 25.1 Å². The Kier molecular flexibility index (Phi) is 6.39. The first kappa shape index (κ1) is 14.7. The first-order valence-electron chi connectivity index (χ1n) is 6.29. The molecule has 0 aliphatic heterocycles. The molecule has 0 aliphatic carbocycles. The summed E-state index contributed by atoms with van der Waals surface area (Å²) in [7, 11) is 0. The molecule has 18 heavy (non-hydrogen) atoms. The lowest BCUT2D eigenvalue weighted by Gasteiger charge is -2.08. The van der Waals surface area contributed by atoms with Crippen molar-refractivity contribution in [2.75, 3.05) is 13.2 Å². The fraction of sp³-hybridized carbons (Fsp3) is 0.500. The highest BCUT2D eigenvalue weighted by atomic mass is 16.5. The normalized spacial score (nSPS) is 10.8. The van der Waals surface area contributed by atoms with Gasteiger partial charge in [0, 0.05) is 18.2 Å². The molecule has 1 amide bonds. The largest absolute Gasteiger partial charge is 0.377 e. The van der Waals surface area contributed by atoms with E-state index in [4.69, 9.17) is 10.5 Å². The number of amides is 1. The molecular formula is C14H22N2O2. The highest BCUT2D eigenvalue weighted by Gasteiger charge is 1.99. The van der Waals surface area contributed by atoms with E-state index in [-0.39, 0.29) is 0 Å². The molecule has 1 aromatic carbocycles. The second-order valence-corrected chi connectivity index (χ2v) is 4.58. The standard InChI is InChI=1S/C14H22N2O2/c1-11(2)16-8-3-9-18-10-12-4-6-13(7-5-12)14(15)17/h4-7,11,16H,3,8-10H2,1-2H3,(H2,15,17). The SMILES string of the molecule is CC(C)NCCCOCc1ccc(C(N)=O)cc1. The van der Waals surface area contributed by atoms with Gasteiger partial charge in [-0.05, 0) is 30.7 Å². The van der Waals surface area contributed by atoms with Crippen molar-refractivity contribution in [1.29, 1.82) is 0 Å². The van der Waals surface area contributed by atoms with Crippen molar-refractivity contribution in [3.05, 3.63) is 35.4 Å². The van der Waals surface area contributed by atoms with Crippen LogP contribution >= 0.6 is 0 Å². The van der Waals surface area contributed by atoms with Crippen molar-refractivity contribution in [2.24, 2.45) is 5.73 Å². The van der Waals surface area contributed by atoms with Gasteiger partial charge in [0.2, 0.25) is 5.91 Å². The number of primary amides is 1. The third kappa shape index (κ3) is 5.80. The fourth-order valence-corrected chi connectivity index (χ4v) is 1.52. The molecule has 0 radical (unpaired) electrons. The smallest absolute Gasteiger partial charge is 0.248 e. The summed E-state index contributed by atoms with van der Waals surface area (Å²) in [4.78, 5) is 10.9. The van der Waals surface area contributed by atoms with Crippen LogP contribution in [0.3, 0.4) is 0 Å². The maximum Gasteiger partial charge on any atom is 0.248 e. The zero-order valence-corrected chi connectivity index (χ0v) is 11.1. The maximum atomic E-state index is 10.9. The molecule has 4 nitrogen and oxygen atoms in total. The van der Waals surface area contributed by atoms with Crippen LogP contribution in [0.4, 0.5) is 0 Å². The van der Waals surface area contributed by atoms with Crippen molar-refractivity contribution < 1.29 is 9.53 Å². The van der Waals surface area contributed by atoms with E-state index in [0.29, 0.717) is 18.2 Å². The molecule has 0 spiro atoms. The van der Waals surface area contributed by atoms with Crippen LogP contribution in [-0.2, 0) is 11.3 Å². The molecule has 0 aliphatic rings. The van der Waals surface area contributed by atoms with E-state index < -0.39 is 5.91 Å². The van der Waals surface area contributed by atoms with Gasteiger partial charge >= 0.3 is 0 Å². The first-order valence-corrected chi connectivity index (χ1v) is 6.29. The van der Waals surface area contributed by atoms with E-state index in [1.165, 1.54) is 0 Å². The number of nitrogens with two attached hydrogens (primary N) is 1. The maximum absolute atomic E-state index is 10.9. The molecule has 100 valence electrons. The van der Waals surface area contributed by atoms with Gasteiger partial charge in [-0.3, -0.25) is 4.79 Å². The molecule has 0 fully saturated rings. The van der Waals surface area contributed by atoms with Gasteiger partial charge in [0.05, 0.1) is 6.61 Å². The third-order valence-corrected chi connectivity index (χ3v) is 2.53. The summed E-state index contributed by atoms with van der Waals surface area (Å²) in [6.45, 7) is 6.53. The Hall–Kier alpha value is -1.39. The number of nitrogens with one attached hydrogen (secondary N) is 1. The highest BCUT2D eigenvalue weighted by Crippen LogP contribution is 2.05. The zero-order valence-electron chi connectivity index (χ0n) is 11.1. The van der Waals surface area contributed by atoms with Gasteiger partial charge < -0.3 is 15.8 Å². The lowest BCUT2D eigenvalue weighted by molar-refractivity contribution is 0.0999. The number of ether oxygens (including phenoxy) is 1. The van der Waals surface area contributed by atoms with Gasteiger partial charge in [-0.25, -0.2) is 0 Å². The summed E-state index contributed by atoms with van der Waals surface area (Å²) in [6, 6.07) is 7.70. The molecule has 1 aromatic rings. The number of rotatable bonds is 8. The van der Waals surface area contributed by atoms with Gasteiger partial charge in [0.1, 0.15) is 0 Å². The van der Waals surface area contributed by atoms with E-state index in [2.05, 4.69) is 19.2 Å². The third-order valence-electron chi connectivity index (χ3n) is 2.53. The molecule has 0 atom stereocenters. The molecule has 0 unspecified atom stereocenters. The average Bonchev–Trinajstić information content (AvgIpc) is 2.34. The van der Waals surface area contributed by atoms with Crippen LogP contribution in [0.2, 0.25) is 0 Å². The summed E-state index contributed by atoms with van der Waals surface area (Å²) < 4.78 is 5.55. The monoisotopic (exact) mass is 250 g/mol. The summed E-state index contributed by atoms with van der Waals surface area (Å²) in [6.07, 6.45) is 0.998. The number of carbonyl (C=O) groups is 1. The van der Waals surface area contributed by atoms with E-state index >= 15 is 0 Å². The number of hydrogen-bond donors (Lipinski definition) is 2. The first-order chi connectivity index (χ1) is 8.59. The fourth-order valence-electron chi connectivity index (χ4n) is 1.52. The Morgan fingerprint density at radius 2 is 2.00 bits per heavy atom.